The van der Waals surface area contributed by atoms with Gasteiger partial charge in [-0.05, 0) is 26.2 Å². The molecule has 0 aromatic heterocycles. The van der Waals surface area contributed by atoms with Gasteiger partial charge in [0.05, 0.1) is 6.10 Å². The Morgan fingerprint density at radius 1 is 1.64 bits per heavy atom. The standard InChI is InChI=1S/C10H18BrNO2/c1-3-8(11)6-12-10(13)9-5-4-7(2)14-9/h7-9H,3-6H2,1-2H3,(H,12,13). The van der Waals surface area contributed by atoms with Crippen LogP contribution in [0.25, 0.3) is 0 Å². The molecule has 0 aromatic carbocycles. The molecule has 1 aliphatic rings. The lowest BCUT2D eigenvalue weighted by atomic mass is 10.2. The number of halogens is 1. The Morgan fingerprint density at radius 2 is 2.36 bits per heavy atom. The van der Waals surface area contributed by atoms with Crippen molar-refractivity contribution in [2.45, 2.75) is 50.1 Å². The number of carbonyl (C=O) groups is 1. The van der Waals surface area contributed by atoms with Crippen LogP contribution >= 0.6 is 15.9 Å². The highest BCUT2D eigenvalue weighted by molar-refractivity contribution is 9.09. The first-order valence-corrected chi connectivity index (χ1v) is 6.12. The van der Waals surface area contributed by atoms with Crippen molar-refractivity contribution in [3.8, 4) is 0 Å². The topological polar surface area (TPSA) is 38.3 Å². The van der Waals surface area contributed by atoms with Gasteiger partial charge >= 0.3 is 0 Å². The summed E-state index contributed by atoms with van der Waals surface area (Å²) in [5, 5.41) is 2.89. The van der Waals surface area contributed by atoms with Gasteiger partial charge in [-0.1, -0.05) is 22.9 Å². The second-order valence-corrected chi connectivity index (χ2v) is 5.06. The molecule has 0 aromatic rings. The second-order valence-electron chi connectivity index (χ2n) is 3.76. The monoisotopic (exact) mass is 263 g/mol. The Hall–Kier alpha value is -0.0900. The van der Waals surface area contributed by atoms with Crippen LogP contribution in [0.4, 0.5) is 0 Å². The molecule has 3 atom stereocenters. The lowest BCUT2D eigenvalue weighted by Gasteiger charge is -2.13. The Morgan fingerprint density at radius 3 is 2.86 bits per heavy atom. The van der Waals surface area contributed by atoms with E-state index >= 15 is 0 Å². The van der Waals surface area contributed by atoms with Gasteiger partial charge in [-0.15, -0.1) is 0 Å². The maximum absolute atomic E-state index is 11.6. The summed E-state index contributed by atoms with van der Waals surface area (Å²) in [6.45, 7) is 4.77. The van der Waals surface area contributed by atoms with Crippen LogP contribution in [0, 0.1) is 0 Å². The Labute approximate surface area is 93.7 Å². The van der Waals surface area contributed by atoms with Gasteiger partial charge < -0.3 is 10.1 Å². The predicted octanol–water partition coefficient (Wildman–Crippen LogP) is 1.84. The highest BCUT2D eigenvalue weighted by atomic mass is 79.9. The van der Waals surface area contributed by atoms with Crippen molar-refractivity contribution in [1.29, 1.82) is 0 Å². The molecular weight excluding hydrogens is 246 g/mol. The molecule has 14 heavy (non-hydrogen) atoms. The number of ether oxygens (including phenoxy) is 1. The van der Waals surface area contributed by atoms with E-state index in [1.807, 2.05) is 6.92 Å². The van der Waals surface area contributed by atoms with Crippen molar-refractivity contribution in [3.63, 3.8) is 0 Å². The van der Waals surface area contributed by atoms with Gasteiger partial charge in [-0.3, -0.25) is 4.79 Å². The second kappa shape index (κ2) is 5.71. The minimum atomic E-state index is -0.221. The number of hydrogen-bond donors (Lipinski definition) is 1. The first kappa shape index (κ1) is 12.0. The first-order chi connectivity index (χ1) is 6.63. The van der Waals surface area contributed by atoms with Gasteiger partial charge in [0.25, 0.3) is 0 Å². The van der Waals surface area contributed by atoms with Gasteiger partial charge in [-0.2, -0.15) is 0 Å². The molecule has 82 valence electrons. The van der Waals surface area contributed by atoms with Crippen molar-refractivity contribution >= 4 is 21.8 Å². The molecule has 1 amide bonds. The Kier molecular flexibility index (Phi) is 4.89. The summed E-state index contributed by atoms with van der Waals surface area (Å²) in [7, 11) is 0. The molecule has 1 aliphatic heterocycles. The third kappa shape index (κ3) is 3.58. The smallest absolute Gasteiger partial charge is 0.249 e. The number of rotatable bonds is 4. The van der Waals surface area contributed by atoms with Crippen LogP contribution in [0.15, 0.2) is 0 Å². The third-order valence-corrected chi connectivity index (χ3v) is 3.44. The number of nitrogens with one attached hydrogen (secondary N) is 1. The molecule has 1 heterocycles. The Bertz CT molecular complexity index is 199. The number of amides is 1. The van der Waals surface area contributed by atoms with Crippen molar-refractivity contribution in [2.24, 2.45) is 0 Å². The van der Waals surface area contributed by atoms with E-state index in [9.17, 15) is 4.79 Å². The predicted molar refractivity (Wildman–Crippen MR) is 59.6 cm³/mol. The van der Waals surface area contributed by atoms with E-state index in [4.69, 9.17) is 4.74 Å². The van der Waals surface area contributed by atoms with Crippen LogP contribution in [0.1, 0.15) is 33.1 Å². The molecule has 3 nitrogen and oxygen atoms in total. The van der Waals surface area contributed by atoms with E-state index in [0.717, 1.165) is 19.3 Å². The molecular formula is C10H18BrNO2. The number of alkyl halides is 1. The van der Waals surface area contributed by atoms with Crippen molar-refractivity contribution < 1.29 is 9.53 Å². The van der Waals surface area contributed by atoms with Gasteiger partial charge in [0.1, 0.15) is 6.10 Å². The average Bonchev–Trinajstić information content (AvgIpc) is 2.60. The molecule has 3 unspecified atom stereocenters. The van der Waals surface area contributed by atoms with E-state index < -0.39 is 0 Å². The summed E-state index contributed by atoms with van der Waals surface area (Å²) in [6.07, 6.45) is 2.87. The summed E-state index contributed by atoms with van der Waals surface area (Å²) in [4.78, 5) is 11.9. The molecule has 0 spiro atoms. The summed E-state index contributed by atoms with van der Waals surface area (Å²) in [6, 6.07) is 0. The summed E-state index contributed by atoms with van der Waals surface area (Å²) < 4.78 is 5.46. The number of hydrogen-bond acceptors (Lipinski definition) is 2. The maximum Gasteiger partial charge on any atom is 0.249 e. The normalized spacial score (nSPS) is 28.8. The minimum absolute atomic E-state index is 0.0345. The quantitative estimate of drug-likeness (QED) is 0.787. The van der Waals surface area contributed by atoms with E-state index in [-0.39, 0.29) is 18.1 Å². The van der Waals surface area contributed by atoms with E-state index in [2.05, 4.69) is 28.2 Å². The fourth-order valence-electron chi connectivity index (χ4n) is 1.46. The SMILES string of the molecule is CCC(Br)CNC(=O)C1CCC(C)O1. The highest BCUT2D eigenvalue weighted by Crippen LogP contribution is 2.18. The molecule has 0 saturated carbocycles. The third-order valence-electron chi connectivity index (χ3n) is 2.47. The fraction of sp³-hybridized carbons (Fsp3) is 0.900. The first-order valence-electron chi connectivity index (χ1n) is 5.20. The maximum atomic E-state index is 11.6. The molecule has 4 heteroatoms. The van der Waals surface area contributed by atoms with Crippen LogP contribution in [0.5, 0.6) is 0 Å². The van der Waals surface area contributed by atoms with Gasteiger partial charge in [0, 0.05) is 11.4 Å². The van der Waals surface area contributed by atoms with E-state index in [1.165, 1.54) is 0 Å². The highest BCUT2D eigenvalue weighted by Gasteiger charge is 2.27. The van der Waals surface area contributed by atoms with Crippen LogP contribution < -0.4 is 5.32 Å². The summed E-state index contributed by atoms with van der Waals surface area (Å²) >= 11 is 3.47. The molecule has 1 saturated heterocycles. The van der Waals surface area contributed by atoms with Crippen molar-refractivity contribution in [1.82, 2.24) is 5.32 Å². The zero-order valence-electron chi connectivity index (χ0n) is 8.75. The lowest BCUT2D eigenvalue weighted by Crippen LogP contribution is -2.37. The molecule has 1 rings (SSSR count). The van der Waals surface area contributed by atoms with Crippen molar-refractivity contribution in [2.75, 3.05) is 6.54 Å². The number of carbonyl (C=O) groups excluding carboxylic acids is 1. The average molecular weight is 264 g/mol. The molecule has 1 fully saturated rings. The summed E-state index contributed by atoms with van der Waals surface area (Å²) in [5.74, 6) is 0.0345. The van der Waals surface area contributed by atoms with Crippen molar-refractivity contribution in [3.05, 3.63) is 0 Å². The Balaban J connectivity index is 2.22. The van der Waals surface area contributed by atoms with Crippen LogP contribution in [-0.2, 0) is 9.53 Å². The van der Waals surface area contributed by atoms with Crippen LogP contribution in [0.3, 0.4) is 0 Å². The van der Waals surface area contributed by atoms with E-state index in [0.29, 0.717) is 11.4 Å². The molecule has 1 N–H and O–H groups in total. The molecule has 0 radical (unpaired) electrons. The van der Waals surface area contributed by atoms with Gasteiger partial charge in [0.2, 0.25) is 5.91 Å². The van der Waals surface area contributed by atoms with Crippen LogP contribution in [-0.4, -0.2) is 29.5 Å². The molecule has 0 bridgehead atoms. The largest absolute Gasteiger partial charge is 0.365 e. The fourth-order valence-corrected chi connectivity index (χ4v) is 1.63. The molecule has 0 aliphatic carbocycles. The van der Waals surface area contributed by atoms with Gasteiger partial charge in [0.15, 0.2) is 0 Å². The van der Waals surface area contributed by atoms with Crippen LogP contribution in [0.2, 0.25) is 0 Å². The van der Waals surface area contributed by atoms with Gasteiger partial charge in [-0.25, -0.2) is 0 Å². The lowest BCUT2D eigenvalue weighted by molar-refractivity contribution is -0.131. The minimum Gasteiger partial charge on any atom is -0.365 e. The zero-order chi connectivity index (χ0) is 10.6. The summed E-state index contributed by atoms with van der Waals surface area (Å²) in [5.41, 5.74) is 0. The zero-order valence-corrected chi connectivity index (χ0v) is 10.3. The van der Waals surface area contributed by atoms with E-state index in [1.54, 1.807) is 0 Å².